The van der Waals surface area contributed by atoms with Gasteiger partial charge in [-0.1, -0.05) is 0 Å². The van der Waals surface area contributed by atoms with E-state index in [4.69, 9.17) is 0 Å². The van der Waals surface area contributed by atoms with Crippen LogP contribution in [0.2, 0.25) is 0 Å². The topological polar surface area (TPSA) is 24.1 Å². The maximum Gasteiger partial charge on any atom is 0.0894 e. The number of nitrogens with one attached hydrogen (secondary N) is 2. The standard InChI is InChI=1S/C8H11BrN2S/c9-7-1-2-8(12-7)11-5-6-3-10-4-6/h1-2,6,10-11H,3-5H2. The molecule has 0 unspecified atom stereocenters. The molecule has 0 aromatic carbocycles. The van der Waals surface area contributed by atoms with E-state index in [1.54, 1.807) is 11.3 Å². The second kappa shape index (κ2) is 3.77. The van der Waals surface area contributed by atoms with Crippen LogP contribution in [0.1, 0.15) is 0 Å². The first-order valence-corrected chi connectivity index (χ1v) is 5.65. The van der Waals surface area contributed by atoms with E-state index in [9.17, 15) is 0 Å². The third kappa shape index (κ3) is 2.00. The van der Waals surface area contributed by atoms with Gasteiger partial charge in [0.15, 0.2) is 0 Å². The third-order valence-electron chi connectivity index (χ3n) is 2.00. The van der Waals surface area contributed by atoms with Crippen molar-refractivity contribution in [2.24, 2.45) is 5.92 Å². The van der Waals surface area contributed by atoms with Crippen LogP contribution in [0.15, 0.2) is 15.9 Å². The highest BCUT2D eigenvalue weighted by atomic mass is 79.9. The number of thiophene rings is 1. The van der Waals surface area contributed by atoms with Crippen molar-refractivity contribution in [3.05, 3.63) is 15.9 Å². The van der Waals surface area contributed by atoms with Crippen LogP contribution in [0, 0.1) is 5.92 Å². The van der Waals surface area contributed by atoms with E-state index in [2.05, 4.69) is 38.7 Å². The summed E-state index contributed by atoms with van der Waals surface area (Å²) in [5.74, 6) is 0.825. The molecule has 2 N–H and O–H groups in total. The molecule has 1 aromatic heterocycles. The largest absolute Gasteiger partial charge is 0.377 e. The number of halogens is 1. The minimum Gasteiger partial charge on any atom is -0.377 e. The van der Waals surface area contributed by atoms with Crippen LogP contribution in [0.5, 0.6) is 0 Å². The summed E-state index contributed by atoms with van der Waals surface area (Å²) in [5.41, 5.74) is 0. The Morgan fingerprint density at radius 1 is 1.58 bits per heavy atom. The number of anilines is 1. The molecule has 0 atom stereocenters. The van der Waals surface area contributed by atoms with Gasteiger partial charge in [0.25, 0.3) is 0 Å². The lowest BCUT2D eigenvalue weighted by Gasteiger charge is -2.27. The van der Waals surface area contributed by atoms with E-state index in [0.29, 0.717) is 0 Å². The normalized spacial score (nSPS) is 17.4. The molecule has 1 aromatic rings. The summed E-state index contributed by atoms with van der Waals surface area (Å²) >= 11 is 5.19. The zero-order valence-corrected chi connectivity index (χ0v) is 9.04. The first-order valence-electron chi connectivity index (χ1n) is 4.04. The van der Waals surface area contributed by atoms with E-state index in [1.165, 1.54) is 21.9 Å². The Labute approximate surface area is 84.5 Å². The molecular weight excluding hydrogens is 236 g/mol. The van der Waals surface area contributed by atoms with E-state index in [1.807, 2.05) is 0 Å². The van der Waals surface area contributed by atoms with Crippen LogP contribution < -0.4 is 10.6 Å². The third-order valence-corrected chi connectivity index (χ3v) is 3.59. The van der Waals surface area contributed by atoms with Crippen molar-refractivity contribution in [1.29, 1.82) is 0 Å². The minimum absolute atomic E-state index is 0.825. The van der Waals surface area contributed by atoms with Gasteiger partial charge < -0.3 is 10.6 Å². The Morgan fingerprint density at radius 3 is 2.92 bits per heavy atom. The van der Waals surface area contributed by atoms with Gasteiger partial charge >= 0.3 is 0 Å². The Kier molecular flexibility index (Phi) is 2.68. The summed E-state index contributed by atoms with van der Waals surface area (Å²) in [6.45, 7) is 3.43. The molecule has 2 rings (SSSR count). The Balaban J connectivity index is 1.79. The van der Waals surface area contributed by atoms with Gasteiger partial charge in [0.2, 0.25) is 0 Å². The maximum absolute atomic E-state index is 3.44. The molecule has 0 saturated carbocycles. The van der Waals surface area contributed by atoms with E-state index < -0.39 is 0 Å². The van der Waals surface area contributed by atoms with Crippen molar-refractivity contribution >= 4 is 32.3 Å². The van der Waals surface area contributed by atoms with Crippen molar-refractivity contribution in [1.82, 2.24) is 5.32 Å². The van der Waals surface area contributed by atoms with E-state index in [-0.39, 0.29) is 0 Å². The van der Waals surface area contributed by atoms with Crippen molar-refractivity contribution < 1.29 is 0 Å². The van der Waals surface area contributed by atoms with Crippen LogP contribution in [0.25, 0.3) is 0 Å². The summed E-state index contributed by atoms with van der Waals surface area (Å²) in [6.07, 6.45) is 0. The van der Waals surface area contributed by atoms with Gasteiger partial charge in [-0.25, -0.2) is 0 Å². The van der Waals surface area contributed by atoms with Gasteiger partial charge in [-0.05, 0) is 28.1 Å². The molecule has 0 amide bonds. The van der Waals surface area contributed by atoms with Crippen LogP contribution in [-0.4, -0.2) is 19.6 Å². The molecule has 1 saturated heterocycles. The highest BCUT2D eigenvalue weighted by Gasteiger charge is 2.15. The fourth-order valence-electron chi connectivity index (χ4n) is 1.15. The first kappa shape index (κ1) is 8.53. The SMILES string of the molecule is Brc1ccc(NCC2CNC2)s1. The Morgan fingerprint density at radius 2 is 2.42 bits per heavy atom. The molecule has 0 radical (unpaired) electrons. The summed E-state index contributed by atoms with van der Waals surface area (Å²) in [6, 6.07) is 4.19. The lowest BCUT2D eigenvalue weighted by atomic mass is 10.0. The molecule has 12 heavy (non-hydrogen) atoms. The predicted octanol–water partition coefficient (Wildman–Crippen LogP) is 2.14. The second-order valence-corrected chi connectivity index (χ2v) is 5.47. The predicted molar refractivity (Wildman–Crippen MR) is 56.9 cm³/mol. The van der Waals surface area contributed by atoms with Crippen LogP contribution >= 0.6 is 27.3 Å². The van der Waals surface area contributed by atoms with Gasteiger partial charge in [0.1, 0.15) is 0 Å². The summed E-state index contributed by atoms with van der Waals surface area (Å²) in [5, 5.41) is 7.93. The van der Waals surface area contributed by atoms with Gasteiger partial charge in [0.05, 0.1) is 8.79 Å². The summed E-state index contributed by atoms with van der Waals surface area (Å²) in [7, 11) is 0. The number of rotatable bonds is 3. The monoisotopic (exact) mass is 246 g/mol. The average Bonchev–Trinajstić information content (AvgIpc) is 2.32. The zero-order valence-electron chi connectivity index (χ0n) is 6.64. The second-order valence-electron chi connectivity index (χ2n) is 3.01. The van der Waals surface area contributed by atoms with Gasteiger partial charge in [-0.15, -0.1) is 11.3 Å². The minimum atomic E-state index is 0.825. The first-order chi connectivity index (χ1) is 5.84. The molecule has 0 spiro atoms. The molecule has 1 aliphatic heterocycles. The highest BCUT2D eigenvalue weighted by Crippen LogP contribution is 2.26. The van der Waals surface area contributed by atoms with Crippen molar-refractivity contribution in [2.75, 3.05) is 25.0 Å². The average molecular weight is 247 g/mol. The molecule has 0 aliphatic carbocycles. The van der Waals surface area contributed by atoms with Gasteiger partial charge in [0, 0.05) is 25.6 Å². The zero-order chi connectivity index (χ0) is 8.39. The maximum atomic E-state index is 3.44. The molecule has 66 valence electrons. The lowest BCUT2D eigenvalue weighted by molar-refractivity contribution is 0.365. The molecule has 2 nitrogen and oxygen atoms in total. The lowest BCUT2D eigenvalue weighted by Crippen LogP contribution is -2.45. The quantitative estimate of drug-likeness (QED) is 0.855. The van der Waals surface area contributed by atoms with Crippen LogP contribution in [0.3, 0.4) is 0 Å². The molecule has 2 heterocycles. The summed E-state index contributed by atoms with van der Waals surface area (Å²) in [4.78, 5) is 0. The molecule has 0 bridgehead atoms. The van der Waals surface area contributed by atoms with Gasteiger partial charge in [-0.2, -0.15) is 0 Å². The van der Waals surface area contributed by atoms with Crippen molar-refractivity contribution in [2.45, 2.75) is 0 Å². The van der Waals surface area contributed by atoms with Crippen LogP contribution in [0.4, 0.5) is 5.00 Å². The van der Waals surface area contributed by atoms with Crippen molar-refractivity contribution in [3.63, 3.8) is 0 Å². The smallest absolute Gasteiger partial charge is 0.0894 e. The molecule has 4 heteroatoms. The van der Waals surface area contributed by atoms with E-state index >= 15 is 0 Å². The Bertz CT molecular complexity index is 257. The molecule has 1 fully saturated rings. The highest BCUT2D eigenvalue weighted by molar-refractivity contribution is 9.11. The fraction of sp³-hybridized carbons (Fsp3) is 0.500. The number of hydrogen-bond acceptors (Lipinski definition) is 3. The van der Waals surface area contributed by atoms with Crippen LogP contribution in [-0.2, 0) is 0 Å². The molecule has 1 aliphatic rings. The molecular formula is C8H11BrN2S. The summed E-state index contributed by atoms with van der Waals surface area (Å²) < 4.78 is 1.19. The van der Waals surface area contributed by atoms with Crippen molar-refractivity contribution in [3.8, 4) is 0 Å². The van der Waals surface area contributed by atoms with E-state index in [0.717, 1.165) is 12.5 Å². The Hall–Kier alpha value is -0.0600. The fourth-order valence-corrected chi connectivity index (χ4v) is 2.44. The number of hydrogen-bond donors (Lipinski definition) is 2. The van der Waals surface area contributed by atoms with Gasteiger partial charge in [-0.3, -0.25) is 0 Å².